The van der Waals surface area contributed by atoms with Gasteiger partial charge in [-0.1, -0.05) is 79.5 Å². The highest BCUT2D eigenvalue weighted by molar-refractivity contribution is 7.90. The fourth-order valence-electron chi connectivity index (χ4n) is 4.05. The molecule has 0 spiro atoms. The van der Waals surface area contributed by atoms with E-state index in [1.807, 2.05) is 16.9 Å². The molecular formula is C27H27ClN4O4S. The second kappa shape index (κ2) is 11.1. The van der Waals surface area contributed by atoms with Gasteiger partial charge in [0.1, 0.15) is 5.82 Å². The number of hydrogen-bond acceptors (Lipinski definition) is 5. The molecule has 3 aromatic carbocycles. The monoisotopic (exact) mass is 538 g/mol. The molecule has 0 unspecified atom stereocenters. The largest absolute Gasteiger partial charge is 0.351 e. The van der Waals surface area contributed by atoms with Crippen LogP contribution in [0.1, 0.15) is 38.1 Å². The standard InChI is InChI=1S/C27H27ClN4O4S/c1-3-4-13-26-29-32(24-11-7-6-10-23(24)28)27(34)31(26)18-20-14-16-21(17-15-20)22-9-5-8-12-25(22)37(35,36)30-19(2)33/h5-12,14-17H,3-4,13,18H2,1-2H3,(H,30,33). The minimum Gasteiger partial charge on any atom is -0.274 e. The number of aromatic nitrogens is 3. The highest BCUT2D eigenvalue weighted by Gasteiger charge is 2.20. The maximum Gasteiger partial charge on any atom is 0.351 e. The Kier molecular flexibility index (Phi) is 7.94. The molecule has 0 saturated heterocycles. The van der Waals surface area contributed by atoms with Crippen molar-refractivity contribution in [2.75, 3.05) is 0 Å². The summed E-state index contributed by atoms with van der Waals surface area (Å²) in [5.41, 5.74) is 2.23. The summed E-state index contributed by atoms with van der Waals surface area (Å²) in [6.07, 6.45) is 2.50. The summed E-state index contributed by atoms with van der Waals surface area (Å²) in [5, 5.41) is 5.02. The van der Waals surface area contributed by atoms with Crippen molar-refractivity contribution in [2.45, 2.75) is 44.6 Å². The first-order valence-electron chi connectivity index (χ1n) is 11.9. The quantitative estimate of drug-likeness (QED) is 0.336. The number of halogens is 1. The van der Waals surface area contributed by atoms with E-state index in [2.05, 4.69) is 12.0 Å². The van der Waals surface area contributed by atoms with Gasteiger partial charge in [0, 0.05) is 18.9 Å². The predicted molar refractivity (Wildman–Crippen MR) is 143 cm³/mol. The normalized spacial score (nSPS) is 11.4. The predicted octanol–water partition coefficient (Wildman–Crippen LogP) is 4.57. The maximum atomic E-state index is 13.3. The van der Waals surface area contributed by atoms with Gasteiger partial charge in [-0.05, 0) is 35.7 Å². The molecule has 0 aliphatic rings. The molecule has 0 radical (unpaired) electrons. The minimum absolute atomic E-state index is 0.0111. The molecule has 37 heavy (non-hydrogen) atoms. The van der Waals surface area contributed by atoms with Gasteiger partial charge in [-0.25, -0.2) is 17.9 Å². The second-order valence-corrected chi connectivity index (χ2v) is 10.7. The Hall–Kier alpha value is -3.69. The van der Waals surface area contributed by atoms with Crippen LogP contribution in [-0.2, 0) is 27.8 Å². The van der Waals surface area contributed by atoms with Gasteiger partial charge in [0.2, 0.25) is 5.91 Å². The van der Waals surface area contributed by atoms with Crippen LogP contribution in [0.4, 0.5) is 0 Å². The maximum absolute atomic E-state index is 13.3. The first-order valence-corrected chi connectivity index (χ1v) is 13.7. The Balaban J connectivity index is 1.68. The molecule has 0 atom stereocenters. The number of carbonyl (C=O) groups is 1. The average molecular weight is 539 g/mol. The van der Waals surface area contributed by atoms with Gasteiger partial charge in [-0.2, -0.15) is 4.68 Å². The number of hydrogen-bond donors (Lipinski definition) is 1. The molecule has 4 rings (SSSR count). The van der Waals surface area contributed by atoms with E-state index in [1.54, 1.807) is 59.2 Å². The van der Waals surface area contributed by atoms with Gasteiger partial charge in [-0.3, -0.25) is 9.36 Å². The molecule has 1 aromatic heterocycles. The first-order chi connectivity index (χ1) is 17.7. The van der Waals surface area contributed by atoms with Gasteiger partial charge in [0.15, 0.2) is 0 Å². The van der Waals surface area contributed by atoms with Crippen molar-refractivity contribution >= 4 is 27.5 Å². The molecule has 1 amide bonds. The van der Waals surface area contributed by atoms with E-state index in [0.717, 1.165) is 25.3 Å². The third-order valence-corrected chi connectivity index (χ3v) is 7.64. The van der Waals surface area contributed by atoms with Crippen LogP contribution in [-0.4, -0.2) is 28.7 Å². The number of rotatable bonds is 9. The van der Waals surface area contributed by atoms with Crippen LogP contribution in [0.25, 0.3) is 16.8 Å². The van der Waals surface area contributed by atoms with E-state index in [0.29, 0.717) is 40.6 Å². The molecule has 10 heteroatoms. The number of nitrogens with one attached hydrogen (secondary N) is 1. The van der Waals surface area contributed by atoms with E-state index >= 15 is 0 Å². The first kappa shape index (κ1) is 26.4. The molecule has 1 N–H and O–H groups in total. The zero-order chi connectivity index (χ0) is 26.6. The lowest BCUT2D eigenvalue weighted by molar-refractivity contribution is -0.117. The SMILES string of the molecule is CCCCc1nn(-c2ccccc2Cl)c(=O)n1Cc1ccc(-c2ccccc2S(=O)(=O)NC(C)=O)cc1. The fraction of sp³-hybridized carbons (Fsp3) is 0.222. The number of benzene rings is 3. The Bertz CT molecular complexity index is 1590. The average Bonchev–Trinajstić information content (AvgIpc) is 3.17. The number of carbonyl (C=O) groups excluding carboxylic acids is 1. The highest BCUT2D eigenvalue weighted by atomic mass is 35.5. The van der Waals surface area contributed by atoms with Crippen molar-refractivity contribution < 1.29 is 13.2 Å². The Morgan fingerprint density at radius 2 is 1.68 bits per heavy atom. The molecule has 192 valence electrons. The van der Waals surface area contributed by atoms with Gasteiger partial charge >= 0.3 is 5.69 Å². The molecule has 4 aromatic rings. The number of sulfonamides is 1. The van der Waals surface area contributed by atoms with E-state index < -0.39 is 15.9 Å². The summed E-state index contributed by atoms with van der Waals surface area (Å²) in [7, 11) is -4.01. The van der Waals surface area contributed by atoms with Crippen LogP contribution in [0.5, 0.6) is 0 Å². The molecule has 0 bridgehead atoms. The van der Waals surface area contributed by atoms with Gasteiger partial charge in [-0.15, -0.1) is 5.10 Å². The number of aryl methyl sites for hydroxylation is 1. The summed E-state index contributed by atoms with van der Waals surface area (Å²) < 4.78 is 30.3. The van der Waals surface area contributed by atoms with Crippen molar-refractivity contribution in [1.82, 2.24) is 19.1 Å². The summed E-state index contributed by atoms with van der Waals surface area (Å²) in [6, 6.07) is 20.9. The van der Waals surface area contributed by atoms with Crippen LogP contribution in [0.15, 0.2) is 82.5 Å². The van der Waals surface area contributed by atoms with Crippen LogP contribution < -0.4 is 10.4 Å². The lowest BCUT2D eigenvalue weighted by Crippen LogP contribution is -2.28. The summed E-state index contributed by atoms with van der Waals surface area (Å²) >= 11 is 6.33. The fourth-order valence-corrected chi connectivity index (χ4v) is 5.49. The van der Waals surface area contributed by atoms with Crippen LogP contribution in [0.2, 0.25) is 5.02 Å². The van der Waals surface area contributed by atoms with Crippen molar-refractivity contribution in [3.8, 4) is 16.8 Å². The molecule has 0 saturated carbocycles. The van der Waals surface area contributed by atoms with Gasteiger partial charge in [0.05, 0.1) is 22.2 Å². The Morgan fingerprint density at radius 1 is 1.00 bits per heavy atom. The van der Waals surface area contributed by atoms with E-state index in [9.17, 15) is 18.0 Å². The Labute approximate surface area is 220 Å². The van der Waals surface area contributed by atoms with Crippen molar-refractivity contribution in [3.63, 3.8) is 0 Å². The van der Waals surface area contributed by atoms with Crippen LogP contribution >= 0.6 is 11.6 Å². The summed E-state index contributed by atoms with van der Waals surface area (Å²) in [6.45, 7) is 3.53. The van der Waals surface area contributed by atoms with E-state index in [4.69, 9.17) is 11.6 Å². The third-order valence-electron chi connectivity index (χ3n) is 5.83. The lowest BCUT2D eigenvalue weighted by Gasteiger charge is -2.12. The van der Waals surface area contributed by atoms with Crippen molar-refractivity contribution in [1.29, 1.82) is 0 Å². The van der Waals surface area contributed by atoms with Crippen molar-refractivity contribution in [2.24, 2.45) is 0 Å². The number of para-hydroxylation sites is 1. The Morgan fingerprint density at radius 3 is 2.35 bits per heavy atom. The zero-order valence-electron chi connectivity index (χ0n) is 20.5. The molecule has 0 aliphatic heterocycles. The highest BCUT2D eigenvalue weighted by Crippen LogP contribution is 2.28. The smallest absolute Gasteiger partial charge is 0.274 e. The third kappa shape index (κ3) is 5.84. The van der Waals surface area contributed by atoms with E-state index in [-0.39, 0.29) is 10.6 Å². The van der Waals surface area contributed by atoms with E-state index in [1.165, 1.54) is 10.7 Å². The summed E-state index contributed by atoms with van der Waals surface area (Å²) in [4.78, 5) is 24.8. The van der Waals surface area contributed by atoms with Gasteiger partial charge < -0.3 is 0 Å². The topological polar surface area (TPSA) is 103 Å². The molecule has 0 fully saturated rings. The number of unbranched alkanes of at least 4 members (excludes halogenated alkanes) is 1. The van der Waals surface area contributed by atoms with Gasteiger partial charge in [0.25, 0.3) is 10.0 Å². The van der Waals surface area contributed by atoms with Crippen molar-refractivity contribution in [3.05, 3.63) is 99.7 Å². The number of nitrogens with zero attached hydrogens (tertiary/aromatic N) is 3. The van der Waals surface area contributed by atoms with Crippen LogP contribution in [0, 0.1) is 0 Å². The molecule has 8 nitrogen and oxygen atoms in total. The summed E-state index contributed by atoms with van der Waals surface area (Å²) in [5.74, 6) is 0.00870. The zero-order valence-corrected chi connectivity index (χ0v) is 22.1. The molecule has 1 heterocycles. The number of amides is 1. The second-order valence-electron chi connectivity index (χ2n) is 8.61. The lowest BCUT2D eigenvalue weighted by atomic mass is 10.0. The van der Waals surface area contributed by atoms with Crippen LogP contribution in [0.3, 0.4) is 0 Å². The molecule has 0 aliphatic carbocycles. The minimum atomic E-state index is -4.01. The molecular weight excluding hydrogens is 512 g/mol.